The van der Waals surface area contributed by atoms with Crippen molar-refractivity contribution >= 4 is 11.8 Å². The van der Waals surface area contributed by atoms with Crippen molar-refractivity contribution in [3.05, 3.63) is 0 Å². The summed E-state index contributed by atoms with van der Waals surface area (Å²) in [6.45, 7) is 1.26. The van der Waals surface area contributed by atoms with Crippen LogP contribution in [0.15, 0.2) is 0 Å². The van der Waals surface area contributed by atoms with Gasteiger partial charge in [0.25, 0.3) is 0 Å². The number of thioether (sulfide) groups is 1. The minimum absolute atomic E-state index is 0.840. The fourth-order valence-electron chi connectivity index (χ4n) is 2.38. The van der Waals surface area contributed by atoms with E-state index in [0.29, 0.717) is 0 Å². The molecule has 0 aromatic carbocycles. The van der Waals surface area contributed by atoms with Crippen LogP contribution in [0.2, 0.25) is 0 Å². The van der Waals surface area contributed by atoms with Crippen LogP contribution >= 0.6 is 11.8 Å². The van der Waals surface area contributed by atoms with Gasteiger partial charge in [-0.1, -0.05) is 19.3 Å². The van der Waals surface area contributed by atoms with Gasteiger partial charge in [-0.15, -0.1) is 0 Å². The van der Waals surface area contributed by atoms with Crippen LogP contribution in [-0.4, -0.2) is 23.6 Å². The van der Waals surface area contributed by atoms with Crippen LogP contribution in [0.1, 0.15) is 44.9 Å². The first kappa shape index (κ1) is 9.85. The van der Waals surface area contributed by atoms with Gasteiger partial charge in [-0.2, -0.15) is 11.8 Å². The van der Waals surface area contributed by atoms with E-state index in [-0.39, 0.29) is 0 Å². The highest BCUT2D eigenvalue weighted by Gasteiger charge is 2.18. The second-order valence-corrected chi connectivity index (χ2v) is 5.72. The smallest absolute Gasteiger partial charge is 0.0158 e. The topological polar surface area (TPSA) is 12.0 Å². The van der Waals surface area contributed by atoms with Gasteiger partial charge in [0.05, 0.1) is 0 Å². The van der Waals surface area contributed by atoms with Crippen molar-refractivity contribution in [3.8, 4) is 0 Å². The Morgan fingerprint density at radius 1 is 1.00 bits per heavy atom. The SMILES string of the molecule is C1CCC(SC[C@@H]2CCCN2)CC1. The summed E-state index contributed by atoms with van der Waals surface area (Å²) in [4.78, 5) is 0. The predicted molar refractivity (Wildman–Crippen MR) is 60.4 cm³/mol. The largest absolute Gasteiger partial charge is 0.313 e. The molecule has 13 heavy (non-hydrogen) atoms. The van der Waals surface area contributed by atoms with Crippen molar-refractivity contribution in [3.63, 3.8) is 0 Å². The van der Waals surface area contributed by atoms with Gasteiger partial charge in [0.15, 0.2) is 0 Å². The van der Waals surface area contributed by atoms with Crippen LogP contribution < -0.4 is 5.32 Å². The molecule has 2 rings (SSSR count). The molecule has 1 N–H and O–H groups in total. The molecule has 1 aliphatic heterocycles. The molecule has 0 aromatic heterocycles. The van der Waals surface area contributed by atoms with E-state index in [1.165, 1.54) is 57.2 Å². The summed E-state index contributed by atoms with van der Waals surface area (Å²) < 4.78 is 0. The summed E-state index contributed by atoms with van der Waals surface area (Å²) in [5, 5.41) is 4.57. The monoisotopic (exact) mass is 199 g/mol. The van der Waals surface area contributed by atoms with Crippen molar-refractivity contribution in [1.29, 1.82) is 0 Å². The molecule has 2 heteroatoms. The molecule has 0 amide bonds. The van der Waals surface area contributed by atoms with Gasteiger partial charge in [-0.05, 0) is 32.2 Å². The maximum Gasteiger partial charge on any atom is 0.0158 e. The molecule has 1 nitrogen and oxygen atoms in total. The molecular formula is C11H21NS. The third-order valence-corrected chi connectivity index (χ3v) is 4.79. The summed E-state index contributed by atoms with van der Waals surface area (Å²) in [7, 11) is 0. The highest BCUT2D eigenvalue weighted by Crippen LogP contribution is 2.29. The first-order chi connectivity index (χ1) is 6.45. The van der Waals surface area contributed by atoms with Gasteiger partial charge in [0.1, 0.15) is 0 Å². The van der Waals surface area contributed by atoms with Crippen molar-refractivity contribution in [2.45, 2.75) is 56.2 Å². The molecule has 2 fully saturated rings. The minimum Gasteiger partial charge on any atom is -0.313 e. The highest BCUT2D eigenvalue weighted by molar-refractivity contribution is 7.99. The molecule has 1 saturated carbocycles. The minimum atomic E-state index is 0.840. The average molecular weight is 199 g/mol. The van der Waals surface area contributed by atoms with E-state index in [1.54, 1.807) is 0 Å². The number of rotatable bonds is 3. The van der Waals surface area contributed by atoms with Gasteiger partial charge in [-0.25, -0.2) is 0 Å². The van der Waals surface area contributed by atoms with E-state index < -0.39 is 0 Å². The lowest BCUT2D eigenvalue weighted by Gasteiger charge is -2.22. The number of nitrogens with one attached hydrogen (secondary N) is 1. The van der Waals surface area contributed by atoms with Crippen LogP contribution in [0.3, 0.4) is 0 Å². The standard InChI is InChI=1S/C11H21NS/c1-2-6-11(7-3-1)13-9-10-5-4-8-12-10/h10-12H,1-9H2/t10-/m0/s1. The van der Waals surface area contributed by atoms with Crippen molar-refractivity contribution in [2.75, 3.05) is 12.3 Å². The fraction of sp³-hybridized carbons (Fsp3) is 1.00. The Morgan fingerprint density at radius 2 is 1.85 bits per heavy atom. The lowest BCUT2D eigenvalue weighted by atomic mass is 10.0. The Kier molecular flexibility index (Phi) is 3.98. The fourth-order valence-corrected chi connectivity index (χ4v) is 3.84. The van der Waals surface area contributed by atoms with Crippen molar-refractivity contribution in [2.24, 2.45) is 0 Å². The first-order valence-electron chi connectivity index (χ1n) is 5.80. The van der Waals surface area contributed by atoms with Gasteiger partial charge in [0, 0.05) is 17.0 Å². The molecule has 76 valence electrons. The molecule has 1 heterocycles. The Bertz CT molecular complexity index is 137. The van der Waals surface area contributed by atoms with Crippen LogP contribution in [0.5, 0.6) is 0 Å². The third kappa shape index (κ3) is 3.17. The van der Waals surface area contributed by atoms with E-state index in [2.05, 4.69) is 17.1 Å². The highest BCUT2D eigenvalue weighted by atomic mass is 32.2. The van der Waals surface area contributed by atoms with Gasteiger partial charge in [-0.3, -0.25) is 0 Å². The number of hydrogen-bond acceptors (Lipinski definition) is 2. The van der Waals surface area contributed by atoms with Crippen LogP contribution in [0.4, 0.5) is 0 Å². The van der Waals surface area contributed by atoms with E-state index in [4.69, 9.17) is 0 Å². The molecule has 1 saturated heterocycles. The van der Waals surface area contributed by atoms with Gasteiger partial charge < -0.3 is 5.32 Å². The summed E-state index contributed by atoms with van der Waals surface area (Å²) in [6, 6.07) is 0.840. The number of hydrogen-bond donors (Lipinski definition) is 1. The Labute approximate surface area is 86.0 Å². The predicted octanol–water partition coefficient (Wildman–Crippen LogP) is 2.80. The average Bonchev–Trinajstić information content (AvgIpc) is 2.69. The normalized spacial score (nSPS) is 30.9. The summed E-state index contributed by atoms with van der Waals surface area (Å²) in [5.74, 6) is 1.37. The Hall–Kier alpha value is 0.310. The maximum atomic E-state index is 3.58. The zero-order valence-electron chi connectivity index (χ0n) is 8.43. The summed E-state index contributed by atoms with van der Waals surface area (Å²) in [6.07, 6.45) is 10.2. The lowest BCUT2D eigenvalue weighted by molar-refractivity contribution is 0.515. The molecule has 0 aromatic rings. The van der Waals surface area contributed by atoms with Crippen LogP contribution in [-0.2, 0) is 0 Å². The second kappa shape index (κ2) is 5.26. The zero-order valence-corrected chi connectivity index (χ0v) is 9.24. The lowest BCUT2D eigenvalue weighted by Crippen LogP contribution is -2.25. The molecule has 0 bridgehead atoms. The second-order valence-electron chi connectivity index (χ2n) is 4.39. The molecular weight excluding hydrogens is 178 g/mol. The van der Waals surface area contributed by atoms with Gasteiger partial charge >= 0.3 is 0 Å². The molecule has 0 radical (unpaired) electrons. The summed E-state index contributed by atoms with van der Waals surface area (Å²) in [5.41, 5.74) is 0. The molecule has 0 unspecified atom stereocenters. The van der Waals surface area contributed by atoms with E-state index in [9.17, 15) is 0 Å². The molecule has 0 spiro atoms. The van der Waals surface area contributed by atoms with Crippen LogP contribution in [0, 0.1) is 0 Å². The van der Waals surface area contributed by atoms with E-state index in [0.717, 1.165) is 11.3 Å². The molecule has 1 atom stereocenters. The molecule has 1 aliphatic carbocycles. The van der Waals surface area contributed by atoms with E-state index >= 15 is 0 Å². The van der Waals surface area contributed by atoms with Crippen LogP contribution in [0.25, 0.3) is 0 Å². The maximum absolute atomic E-state index is 3.58. The zero-order chi connectivity index (χ0) is 8.93. The Balaban J connectivity index is 1.60. The summed E-state index contributed by atoms with van der Waals surface area (Å²) >= 11 is 2.23. The van der Waals surface area contributed by atoms with Crippen molar-refractivity contribution in [1.82, 2.24) is 5.32 Å². The van der Waals surface area contributed by atoms with Gasteiger partial charge in [0.2, 0.25) is 0 Å². The molecule has 2 aliphatic rings. The van der Waals surface area contributed by atoms with Crippen molar-refractivity contribution < 1.29 is 0 Å². The third-order valence-electron chi connectivity index (χ3n) is 3.25. The first-order valence-corrected chi connectivity index (χ1v) is 6.85. The van der Waals surface area contributed by atoms with E-state index in [1.807, 2.05) is 0 Å². The Morgan fingerprint density at radius 3 is 2.54 bits per heavy atom. The quantitative estimate of drug-likeness (QED) is 0.750.